The number of allylic oxidation sites excluding steroid dienone is 4. The second-order valence-corrected chi connectivity index (χ2v) is 14.7. The fourth-order valence-electron chi connectivity index (χ4n) is 9.35. The summed E-state index contributed by atoms with van der Waals surface area (Å²) in [6, 6.07) is 71.5. The molecule has 9 aromatic carbocycles. The van der Waals surface area contributed by atoms with Crippen molar-refractivity contribution in [1.82, 2.24) is 0 Å². The van der Waals surface area contributed by atoms with Gasteiger partial charge in [-0.3, -0.25) is 0 Å². The molecule has 0 spiro atoms. The minimum Gasteiger partial charge on any atom is -0.310 e. The monoisotopic (exact) mass is 725 g/mol. The molecule has 268 valence electrons. The van der Waals surface area contributed by atoms with E-state index in [1.807, 2.05) is 13.0 Å². The van der Waals surface area contributed by atoms with Crippen LogP contribution in [0.1, 0.15) is 34.7 Å². The van der Waals surface area contributed by atoms with Crippen molar-refractivity contribution in [2.45, 2.75) is 12.3 Å². The smallest absolute Gasteiger partial charge is 0.0714 e. The lowest BCUT2D eigenvalue weighted by Crippen LogP contribution is -2.28. The lowest BCUT2D eigenvalue weighted by atomic mass is 9.67. The van der Waals surface area contributed by atoms with Crippen LogP contribution >= 0.6 is 0 Å². The van der Waals surface area contributed by atoms with Gasteiger partial charge in [-0.05, 0) is 132 Å². The summed E-state index contributed by atoms with van der Waals surface area (Å²) in [5.41, 5.74) is 12.5. The van der Waals surface area contributed by atoms with Crippen LogP contribution in [-0.4, -0.2) is 0 Å². The van der Waals surface area contributed by atoms with E-state index in [1.165, 1.54) is 65.7 Å². The summed E-state index contributed by atoms with van der Waals surface area (Å²) in [5.74, 6) is 2.64. The van der Waals surface area contributed by atoms with E-state index in [9.17, 15) is 0 Å². The van der Waals surface area contributed by atoms with E-state index < -0.39 is 5.41 Å². The zero-order valence-electron chi connectivity index (χ0n) is 31.7. The Morgan fingerprint density at radius 3 is 1.58 bits per heavy atom. The summed E-state index contributed by atoms with van der Waals surface area (Å²) in [4.78, 5) is 2.42. The summed E-state index contributed by atoms with van der Waals surface area (Å²) in [6.07, 6.45) is 11.5. The van der Waals surface area contributed by atoms with Crippen molar-refractivity contribution in [3.05, 3.63) is 240 Å². The summed E-state index contributed by atoms with van der Waals surface area (Å²) in [5, 5.41) is 7.53. The van der Waals surface area contributed by atoms with Crippen molar-refractivity contribution in [2.24, 2.45) is 0 Å². The molecule has 0 saturated heterocycles. The van der Waals surface area contributed by atoms with Gasteiger partial charge in [-0.1, -0.05) is 170 Å². The van der Waals surface area contributed by atoms with Crippen LogP contribution in [0, 0.1) is 12.3 Å². The number of nitrogens with zero attached hydrogens (tertiary/aromatic N) is 1. The summed E-state index contributed by atoms with van der Waals surface area (Å²) in [6.45, 7) is 2.05. The first-order chi connectivity index (χ1) is 28.2. The molecule has 1 aliphatic carbocycles. The van der Waals surface area contributed by atoms with E-state index in [4.69, 9.17) is 6.42 Å². The average Bonchev–Trinajstić information content (AvgIpc) is 3.58. The lowest BCUT2D eigenvalue weighted by molar-refractivity contribution is 0.768. The van der Waals surface area contributed by atoms with Crippen LogP contribution in [0.3, 0.4) is 0 Å². The van der Waals surface area contributed by atoms with Gasteiger partial charge < -0.3 is 4.90 Å². The third kappa shape index (κ3) is 5.42. The first kappa shape index (κ1) is 34.1. The van der Waals surface area contributed by atoms with Crippen molar-refractivity contribution in [3.8, 4) is 23.5 Å². The highest BCUT2D eigenvalue weighted by molar-refractivity contribution is 6.25. The van der Waals surface area contributed by atoms with E-state index in [0.29, 0.717) is 0 Å². The van der Waals surface area contributed by atoms with Crippen molar-refractivity contribution in [2.75, 3.05) is 4.90 Å². The molecule has 0 atom stereocenters. The first-order valence-electron chi connectivity index (χ1n) is 19.6. The zero-order valence-corrected chi connectivity index (χ0v) is 31.7. The maximum Gasteiger partial charge on any atom is 0.0714 e. The Labute approximate surface area is 334 Å². The highest BCUT2D eigenvalue weighted by atomic mass is 15.1. The molecule has 1 nitrogen and oxygen atoms in total. The molecule has 10 rings (SSSR count). The van der Waals surface area contributed by atoms with Gasteiger partial charge in [0.1, 0.15) is 0 Å². The van der Waals surface area contributed by atoms with Crippen molar-refractivity contribution in [1.29, 1.82) is 0 Å². The van der Waals surface area contributed by atoms with Crippen LogP contribution in [0.4, 0.5) is 17.1 Å². The molecule has 57 heavy (non-hydrogen) atoms. The number of anilines is 3. The molecule has 1 heteroatoms. The first-order valence-corrected chi connectivity index (χ1v) is 19.6. The van der Waals surface area contributed by atoms with Gasteiger partial charge >= 0.3 is 0 Å². The van der Waals surface area contributed by atoms with Gasteiger partial charge in [-0.2, -0.15) is 0 Å². The minimum absolute atomic E-state index is 0.511. The molecule has 0 bridgehead atoms. The second-order valence-electron chi connectivity index (χ2n) is 14.7. The molecular formula is C56H39N. The van der Waals surface area contributed by atoms with Gasteiger partial charge in [0.15, 0.2) is 0 Å². The van der Waals surface area contributed by atoms with Gasteiger partial charge in [0.2, 0.25) is 0 Å². The lowest BCUT2D eigenvalue weighted by Gasteiger charge is -2.35. The molecule has 0 aliphatic heterocycles. The largest absolute Gasteiger partial charge is 0.310 e. The average molecular weight is 726 g/mol. The fourth-order valence-corrected chi connectivity index (χ4v) is 9.35. The molecule has 0 heterocycles. The Bertz CT molecular complexity index is 3000. The van der Waals surface area contributed by atoms with Crippen molar-refractivity contribution >= 4 is 55.0 Å². The topological polar surface area (TPSA) is 3.24 Å². The third-order valence-corrected chi connectivity index (χ3v) is 11.8. The van der Waals surface area contributed by atoms with E-state index in [1.54, 1.807) is 6.08 Å². The quantitative estimate of drug-likeness (QED) is 0.0898. The normalized spacial score (nSPS) is 13.2. The molecule has 0 N–H and O–H groups in total. The Kier molecular flexibility index (Phi) is 8.40. The van der Waals surface area contributed by atoms with Crippen LogP contribution in [0.5, 0.6) is 0 Å². The molecule has 0 aromatic heterocycles. The molecule has 0 fully saturated rings. The maximum absolute atomic E-state index is 5.60. The summed E-state index contributed by atoms with van der Waals surface area (Å²) >= 11 is 0. The van der Waals surface area contributed by atoms with Gasteiger partial charge in [0.05, 0.1) is 5.41 Å². The predicted molar refractivity (Wildman–Crippen MR) is 243 cm³/mol. The Morgan fingerprint density at radius 1 is 0.474 bits per heavy atom. The number of benzene rings is 9. The molecular weight excluding hydrogens is 687 g/mol. The van der Waals surface area contributed by atoms with Crippen LogP contribution in [0.2, 0.25) is 0 Å². The fraction of sp³-hybridized carbons (Fsp3) is 0.0357. The van der Waals surface area contributed by atoms with Crippen LogP contribution in [0.15, 0.2) is 212 Å². The second kappa shape index (κ2) is 14.0. The van der Waals surface area contributed by atoms with Crippen molar-refractivity contribution < 1.29 is 0 Å². The van der Waals surface area contributed by atoms with Gasteiger partial charge in [-0.25, -0.2) is 0 Å². The number of fused-ring (bicyclic) bond motifs is 9. The number of hydrogen-bond acceptors (Lipinski definition) is 1. The van der Waals surface area contributed by atoms with Crippen LogP contribution in [-0.2, 0) is 5.41 Å². The molecule has 9 aromatic rings. The number of hydrogen-bond donors (Lipinski definition) is 0. The summed E-state index contributed by atoms with van der Waals surface area (Å²) in [7, 11) is 0. The Morgan fingerprint density at radius 2 is 0.965 bits per heavy atom. The van der Waals surface area contributed by atoms with E-state index >= 15 is 0 Å². The SMILES string of the molecule is C#C/C=C\C(=C/C)c1ccc(N(c2ccc3c(c2)C(c2ccccc2)(c2ccccc2)c2ccccc2-3)c2ccc3c4ccccc4c4ccccc4c3c2)cc1. The minimum atomic E-state index is -0.511. The number of rotatable bonds is 7. The third-order valence-electron chi connectivity index (χ3n) is 11.8. The Hall–Kier alpha value is -7.40. The number of terminal acetylenes is 1. The molecule has 1 aliphatic rings. The standard InChI is InChI=1S/C56H39N/c1-3-5-18-39(4-2)40-29-31-43(32-30-40)57(44-33-35-50-48-25-13-12-23-46(48)47-24-14-15-26-49(47)53(50)37-44)45-34-36-52-51-27-16-17-28-54(51)56(55(52)38-45,41-19-8-6-9-20-41)42-21-10-7-11-22-42/h1,4-38H,2H3/b18-5-,39-4+. The van der Waals surface area contributed by atoms with E-state index in [-0.39, 0.29) is 0 Å². The highest BCUT2D eigenvalue weighted by Crippen LogP contribution is 2.57. The maximum atomic E-state index is 5.60. The van der Waals surface area contributed by atoms with Crippen LogP contribution in [0.25, 0.3) is 49.0 Å². The van der Waals surface area contributed by atoms with Gasteiger partial charge in [0, 0.05) is 17.1 Å². The van der Waals surface area contributed by atoms with Crippen LogP contribution < -0.4 is 4.90 Å². The van der Waals surface area contributed by atoms with Gasteiger partial charge in [0.25, 0.3) is 0 Å². The highest BCUT2D eigenvalue weighted by Gasteiger charge is 2.46. The van der Waals surface area contributed by atoms with E-state index in [2.05, 4.69) is 211 Å². The van der Waals surface area contributed by atoms with Gasteiger partial charge in [-0.15, -0.1) is 6.42 Å². The molecule has 0 saturated carbocycles. The molecule has 0 unspecified atom stereocenters. The van der Waals surface area contributed by atoms with Crippen molar-refractivity contribution in [3.63, 3.8) is 0 Å². The van der Waals surface area contributed by atoms with E-state index in [0.717, 1.165) is 28.2 Å². The Balaban J connectivity index is 1.25. The summed E-state index contributed by atoms with van der Waals surface area (Å²) < 4.78 is 0. The predicted octanol–water partition coefficient (Wildman–Crippen LogP) is 14.6. The molecule has 0 radical (unpaired) electrons. The zero-order chi connectivity index (χ0) is 38.3. The molecule has 0 amide bonds.